The van der Waals surface area contributed by atoms with E-state index in [0.29, 0.717) is 0 Å². The lowest BCUT2D eigenvalue weighted by Crippen LogP contribution is -2.15. The Morgan fingerprint density at radius 3 is 2.17 bits per heavy atom. The third-order valence-electron chi connectivity index (χ3n) is 2.27. The first-order valence-electron chi connectivity index (χ1n) is 5.00. The van der Waals surface area contributed by atoms with Crippen molar-refractivity contribution in [3.05, 3.63) is 0 Å². The van der Waals surface area contributed by atoms with E-state index >= 15 is 0 Å². The number of thioether (sulfide) groups is 1. The van der Waals surface area contributed by atoms with Crippen molar-refractivity contribution in [1.29, 1.82) is 0 Å². The summed E-state index contributed by atoms with van der Waals surface area (Å²) in [6, 6.07) is 0. The minimum absolute atomic E-state index is 0.0835. The molecule has 0 spiro atoms. The summed E-state index contributed by atoms with van der Waals surface area (Å²) >= 11 is 1.83. The van der Waals surface area contributed by atoms with E-state index in [-0.39, 0.29) is 6.10 Å². The molecule has 0 aliphatic heterocycles. The highest BCUT2D eigenvalue weighted by Crippen LogP contribution is 2.17. The van der Waals surface area contributed by atoms with Gasteiger partial charge in [-0.3, -0.25) is 0 Å². The molecule has 0 aliphatic rings. The summed E-state index contributed by atoms with van der Waals surface area (Å²) in [7, 11) is 0. The van der Waals surface area contributed by atoms with Crippen LogP contribution in [0.3, 0.4) is 0 Å². The van der Waals surface area contributed by atoms with Gasteiger partial charge in [0.25, 0.3) is 0 Å². The SMILES string of the molecule is CCSCC(O)CC(CC)CC. The molecule has 0 saturated heterocycles. The first kappa shape index (κ1) is 12.3. The van der Waals surface area contributed by atoms with Crippen LogP contribution in [0.25, 0.3) is 0 Å². The maximum absolute atomic E-state index is 9.59. The van der Waals surface area contributed by atoms with Crippen LogP contribution in [-0.2, 0) is 0 Å². The Kier molecular flexibility index (Phi) is 8.14. The molecule has 0 heterocycles. The second kappa shape index (κ2) is 7.93. The van der Waals surface area contributed by atoms with Crippen LogP contribution in [0.1, 0.15) is 40.0 Å². The molecule has 1 N–H and O–H groups in total. The van der Waals surface area contributed by atoms with Crippen molar-refractivity contribution in [2.45, 2.75) is 46.1 Å². The zero-order valence-electron chi connectivity index (χ0n) is 8.55. The molecule has 1 nitrogen and oxygen atoms in total. The van der Waals surface area contributed by atoms with E-state index in [0.717, 1.165) is 23.8 Å². The van der Waals surface area contributed by atoms with Crippen LogP contribution in [0.5, 0.6) is 0 Å². The molecule has 0 amide bonds. The Labute approximate surface area is 80.9 Å². The maximum Gasteiger partial charge on any atom is 0.0633 e. The Bertz CT molecular complexity index is 91.8. The summed E-state index contributed by atoms with van der Waals surface area (Å²) in [5.74, 6) is 2.74. The highest BCUT2D eigenvalue weighted by Gasteiger charge is 2.10. The van der Waals surface area contributed by atoms with Gasteiger partial charge in [0.2, 0.25) is 0 Å². The summed E-state index contributed by atoms with van der Waals surface area (Å²) in [6.45, 7) is 6.54. The molecular weight excluding hydrogens is 168 g/mol. The predicted octanol–water partition coefficient (Wildman–Crippen LogP) is 2.93. The largest absolute Gasteiger partial charge is 0.392 e. The maximum atomic E-state index is 9.59. The molecule has 1 unspecified atom stereocenters. The van der Waals surface area contributed by atoms with Crippen LogP contribution in [-0.4, -0.2) is 22.7 Å². The zero-order valence-corrected chi connectivity index (χ0v) is 9.36. The number of hydrogen-bond acceptors (Lipinski definition) is 2. The fourth-order valence-electron chi connectivity index (χ4n) is 1.33. The van der Waals surface area contributed by atoms with Crippen LogP contribution in [0.2, 0.25) is 0 Å². The fourth-order valence-corrected chi connectivity index (χ4v) is 1.97. The van der Waals surface area contributed by atoms with Crippen molar-refractivity contribution in [2.24, 2.45) is 5.92 Å². The number of hydrogen-bond donors (Lipinski definition) is 1. The van der Waals surface area contributed by atoms with Crippen LogP contribution in [0, 0.1) is 5.92 Å². The van der Waals surface area contributed by atoms with Gasteiger partial charge in [-0.1, -0.05) is 33.6 Å². The highest BCUT2D eigenvalue weighted by atomic mass is 32.2. The zero-order chi connectivity index (χ0) is 9.40. The van der Waals surface area contributed by atoms with Crippen LogP contribution in [0.15, 0.2) is 0 Å². The van der Waals surface area contributed by atoms with E-state index in [1.165, 1.54) is 12.8 Å². The average molecular weight is 190 g/mol. The van der Waals surface area contributed by atoms with Crippen LogP contribution >= 0.6 is 11.8 Å². The molecule has 0 fully saturated rings. The lowest BCUT2D eigenvalue weighted by atomic mass is 9.97. The van der Waals surface area contributed by atoms with Gasteiger partial charge in [-0.25, -0.2) is 0 Å². The molecule has 0 aromatic heterocycles. The highest BCUT2D eigenvalue weighted by molar-refractivity contribution is 7.99. The van der Waals surface area contributed by atoms with Gasteiger partial charge >= 0.3 is 0 Å². The van der Waals surface area contributed by atoms with Gasteiger partial charge in [0.15, 0.2) is 0 Å². The molecule has 2 heteroatoms. The second-order valence-electron chi connectivity index (χ2n) is 3.23. The Hall–Kier alpha value is 0.310. The van der Waals surface area contributed by atoms with E-state index in [1.54, 1.807) is 0 Å². The summed E-state index contributed by atoms with van der Waals surface area (Å²) in [5.41, 5.74) is 0. The Morgan fingerprint density at radius 2 is 1.75 bits per heavy atom. The lowest BCUT2D eigenvalue weighted by Gasteiger charge is -2.16. The number of aliphatic hydroxyl groups excluding tert-OH is 1. The topological polar surface area (TPSA) is 20.2 Å². The second-order valence-corrected chi connectivity index (χ2v) is 4.55. The first-order valence-corrected chi connectivity index (χ1v) is 6.15. The van der Waals surface area contributed by atoms with Gasteiger partial charge in [0.1, 0.15) is 0 Å². The summed E-state index contributed by atoms with van der Waals surface area (Å²) in [6.07, 6.45) is 3.30. The van der Waals surface area contributed by atoms with E-state index in [4.69, 9.17) is 0 Å². The standard InChI is InChI=1S/C10H22OS/c1-4-9(5-2)7-10(11)8-12-6-3/h9-11H,4-8H2,1-3H3. The molecule has 0 rings (SSSR count). The quantitative estimate of drug-likeness (QED) is 0.666. The van der Waals surface area contributed by atoms with Gasteiger partial charge in [-0.2, -0.15) is 11.8 Å². The molecular formula is C10H22OS. The Morgan fingerprint density at radius 1 is 1.17 bits per heavy atom. The smallest absolute Gasteiger partial charge is 0.0633 e. The molecule has 74 valence electrons. The molecule has 0 radical (unpaired) electrons. The van der Waals surface area contributed by atoms with Crippen LogP contribution in [0.4, 0.5) is 0 Å². The Balaban J connectivity index is 3.44. The lowest BCUT2D eigenvalue weighted by molar-refractivity contribution is 0.161. The van der Waals surface area contributed by atoms with E-state index in [9.17, 15) is 5.11 Å². The van der Waals surface area contributed by atoms with Gasteiger partial charge in [0, 0.05) is 5.75 Å². The predicted molar refractivity (Wildman–Crippen MR) is 57.7 cm³/mol. The first-order chi connectivity index (χ1) is 5.74. The van der Waals surface area contributed by atoms with Crippen molar-refractivity contribution in [1.82, 2.24) is 0 Å². The van der Waals surface area contributed by atoms with Crippen molar-refractivity contribution >= 4 is 11.8 Å². The van der Waals surface area contributed by atoms with Crippen molar-refractivity contribution in [2.75, 3.05) is 11.5 Å². The van der Waals surface area contributed by atoms with Crippen molar-refractivity contribution < 1.29 is 5.11 Å². The molecule has 0 aromatic rings. The van der Waals surface area contributed by atoms with E-state index < -0.39 is 0 Å². The number of rotatable bonds is 7. The monoisotopic (exact) mass is 190 g/mol. The molecule has 0 aliphatic carbocycles. The van der Waals surface area contributed by atoms with Gasteiger partial charge < -0.3 is 5.11 Å². The van der Waals surface area contributed by atoms with Crippen molar-refractivity contribution in [3.8, 4) is 0 Å². The molecule has 0 saturated carbocycles. The van der Waals surface area contributed by atoms with Gasteiger partial charge in [0.05, 0.1) is 6.10 Å². The third-order valence-corrected chi connectivity index (χ3v) is 3.30. The van der Waals surface area contributed by atoms with E-state index in [1.807, 2.05) is 11.8 Å². The van der Waals surface area contributed by atoms with E-state index in [2.05, 4.69) is 20.8 Å². The minimum atomic E-state index is -0.0835. The fraction of sp³-hybridized carbons (Fsp3) is 1.00. The normalized spacial score (nSPS) is 13.8. The van der Waals surface area contributed by atoms with Gasteiger partial charge in [-0.05, 0) is 18.1 Å². The summed E-state index contributed by atoms with van der Waals surface area (Å²) < 4.78 is 0. The molecule has 0 aromatic carbocycles. The van der Waals surface area contributed by atoms with Gasteiger partial charge in [-0.15, -0.1) is 0 Å². The molecule has 0 bridgehead atoms. The summed E-state index contributed by atoms with van der Waals surface area (Å²) in [4.78, 5) is 0. The average Bonchev–Trinajstić information content (AvgIpc) is 2.10. The molecule has 12 heavy (non-hydrogen) atoms. The molecule has 1 atom stereocenters. The third kappa shape index (κ3) is 5.90. The minimum Gasteiger partial charge on any atom is -0.392 e. The number of aliphatic hydroxyl groups is 1. The summed E-state index contributed by atoms with van der Waals surface area (Å²) in [5, 5.41) is 9.59. The van der Waals surface area contributed by atoms with Crippen LogP contribution < -0.4 is 0 Å². The van der Waals surface area contributed by atoms with Crippen molar-refractivity contribution in [3.63, 3.8) is 0 Å².